The molecule has 0 spiro atoms. The van der Waals surface area contributed by atoms with Crippen molar-refractivity contribution in [2.24, 2.45) is 0 Å². The molecule has 3 aromatic carbocycles. The molecule has 1 radical (unpaired) electrons. The molecule has 231 valence electrons. The maximum Gasteiger partial charge on any atom is 0.148 e. The third kappa shape index (κ3) is 6.79. The summed E-state index contributed by atoms with van der Waals surface area (Å²) in [5, 5.41) is 3.29. The zero-order valence-corrected chi connectivity index (χ0v) is 30.2. The van der Waals surface area contributed by atoms with E-state index < -0.39 is 0 Å². The van der Waals surface area contributed by atoms with Gasteiger partial charge in [0.25, 0.3) is 0 Å². The van der Waals surface area contributed by atoms with E-state index in [1.165, 1.54) is 16.7 Å². The van der Waals surface area contributed by atoms with Crippen molar-refractivity contribution >= 4 is 43.5 Å². The minimum absolute atomic E-state index is 0. The molecule has 0 N–H and O–H groups in total. The van der Waals surface area contributed by atoms with Crippen molar-refractivity contribution in [2.45, 2.75) is 66.2 Å². The first kappa shape index (κ1) is 32.7. The van der Waals surface area contributed by atoms with Crippen LogP contribution in [-0.2, 0) is 30.9 Å². The summed E-state index contributed by atoms with van der Waals surface area (Å²) in [6.07, 6.45) is 3.75. The smallest absolute Gasteiger partial charge is 0.148 e. The van der Waals surface area contributed by atoms with Crippen molar-refractivity contribution in [1.82, 2.24) is 15.0 Å². The van der Waals surface area contributed by atoms with Crippen LogP contribution < -0.4 is 0 Å². The van der Waals surface area contributed by atoms with Crippen LogP contribution in [-0.4, -0.2) is 15.0 Å². The Morgan fingerprint density at radius 3 is 2.16 bits per heavy atom. The molecule has 0 unspecified atom stereocenters. The zero-order chi connectivity index (χ0) is 31.2. The van der Waals surface area contributed by atoms with Crippen LogP contribution in [0.15, 0.2) is 83.5 Å². The predicted octanol–water partition coefficient (Wildman–Crippen LogP) is 10.8. The van der Waals surface area contributed by atoms with Gasteiger partial charge in [0, 0.05) is 43.3 Å². The van der Waals surface area contributed by atoms with Gasteiger partial charge in [-0.05, 0) is 47.0 Å². The number of pyridine rings is 2. The van der Waals surface area contributed by atoms with E-state index in [-0.39, 0.29) is 30.9 Å². The van der Waals surface area contributed by atoms with E-state index in [9.17, 15) is 0 Å². The van der Waals surface area contributed by atoms with E-state index in [2.05, 4.69) is 113 Å². The standard InChI is InChI=1S/C26H25N2OS.C13H12N.Ir/c1-25(2,3)15-12-13-27-19(14-15)18-9-7-8-16-17-10-11-20-21(23(17)29-22(16)18)28-24(30-20)26(4,5)6;1-10-3-6-12(7-4-10)13-8-5-11(2)9-14-13;/h7-8,10-14H,1-6H3;3-6,8-9H,1-2H3;/q2*-1;. The fraction of sp³-hybridized carbons (Fsp3) is 0.256. The van der Waals surface area contributed by atoms with Gasteiger partial charge in [0.2, 0.25) is 0 Å². The summed E-state index contributed by atoms with van der Waals surface area (Å²) in [7, 11) is 0. The molecule has 0 amide bonds. The Morgan fingerprint density at radius 2 is 1.49 bits per heavy atom. The van der Waals surface area contributed by atoms with Crippen molar-refractivity contribution < 1.29 is 24.5 Å². The molecular weight excluding hydrogens is 751 g/mol. The Morgan fingerprint density at radius 1 is 0.733 bits per heavy atom. The second-order valence-corrected chi connectivity index (χ2v) is 14.5. The molecule has 0 fully saturated rings. The van der Waals surface area contributed by atoms with E-state index >= 15 is 0 Å². The number of benzene rings is 3. The van der Waals surface area contributed by atoms with Gasteiger partial charge in [-0.25, -0.2) is 4.98 Å². The largest absolute Gasteiger partial charge is 0.498 e. The molecule has 0 aliphatic carbocycles. The molecule has 0 atom stereocenters. The van der Waals surface area contributed by atoms with E-state index in [0.717, 1.165) is 59.7 Å². The van der Waals surface area contributed by atoms with Crippen molar-refractivity contribution in [3.8, 4) is 22.5 Å². The molecule has 0 aliphatic rings. The minimum atomic E-state index is 0. The van der Waals surface area contributed by atoms with E-state index in [1.807, 2.05) is 43.6 Å². The molecule has 0 saturated heterocycles. The van der Waals surface area contributed by atoms with Crippen molar-refractivity contribution in [3.63, 3.8) is 0 Å². The number of hydrogen-bond donors (Lipinski definition) is 0. The van der Waals surface area contributed by atoms with Crippen LogP contribution in [0.5, 0.6) is 0 Å². The maximum absolute atomic E-state index is 6.48. The van der Waals surface area contributed by atoms with Crippen LogP contribution in [0.25, 0.3) is 54.7 Å². The molecule has 7 aromatic rings. The van der Waals surface area contributed by atoms with Gasteiger partial charge in [0.1, 0.15) is 11.1 Å². The number of thiazole rings is 1. The fourth-order valence-corrected chi connectivity index (χ4v) is 6.05. The van der Waals surface area contributed by atoms with Crippen LogP contribution in [0.1, 0.15) is 63.2 Å². The summed E-state index contributed by atoms with van der Waals surface area (Å²) < 4.78 is 7.63. The van der Waals surface area contributed by atoms with E-state index in [0.29, 0.717) is 0 Å². The summed E-state index contributed by atoms with van der Waals surface area (Å²) in [5.41, 5.74) is 10.1. The predicted molar refractivity (Wildman–Crippen MR) is 184 cm³/mol. The van der Waals surface area contributed by atoms with Crippen molar-refractivity contribution in [1.29, 1.82) is 0 Å². The quantitative estimate of drug-likeness (QED) is 0.164. The molecule has 4 nitrogen and oxygen atoms in total. The van der Waals surface area contributed by atoms with Crippen LogP contribution in [0.2, 0.25) is 0 Å². The molecule has 4 aromatic heterocycles. The Kier molecular flexibility index (Phi) is 9.15. The first-order valence-corrected chi connectivity index (χ1v) is 15.8. The fourth-order valence-electron chi connectivity index (χ4n) is 5.02. The number of aromatic nitrogens is 3. The second kappa shape index (κ2) is 12.6. The summed E-state index contributed by atoms with van der Waals surface area (Å²) in [5.74, 6) is 0. The first-order valence-electron chi connectivity index (χ1n) is 14.9. The molecule has 0 bridgehead atoms. The number of rotatable bonds is 2. The van der Waals surface area contributed by atoms with Gasteiger partial charge in [-0.1, -0.05) is 83.7 Å². The summed E-state index contributed by atoms with van der Waals surface area (Å²) in [4.78, 5) is 13.9. The van der Waals surface area contributed by atoms with Crippen molar-refractivity contribution in [2.75, 3.05) is 0 Å². The first-order chi connectivity index (χ1) is 20.9. The molecule has 4 heterocycles. The van der Waals surface area contributed by atoms with Gasteiger partial charge < -0.3 is 14.4 Å². The van der Waals surface area contributed by atoms with E-state index in [1.54, 1.807) is 11.3 Å². The molecule has 45 heavy (non-hydrogen) atoms. The van der Waals surface area contributed by atoms with Gasteiger partial charge in [-0.15, -0.1) is 64.9 Å². The molecular formula is C39H37IrN3OS-2. The Balaban J connectivity index is 0.000000225. The number of hydrogen-bond acceptors (Lipinski definition) is 5. The third-order valence-corrected chi connectivity index (χ3v) is 9.08. The average Bonchev–Trinajstić information content (AvgIpc) is 3.60. The summed E-state index contributed by atoms with van der Waals surface area (Å²) in [6.45, 7) is 17.3. The normalized spacial score (nSPS) is 11.8. The van der Waals surface area contributed by atoms with Gasteiger partial charge in [0.05, 0.1) is 15.3 Å². The molecule has 7 rings (SSSR count). The van der Waals surface area contributed by atoms with E-state index in [4.69, 9.17) is 9.40 Å². The van der Waals surface area contributed by atoms with Crippen LogP contribution in [0, 0.1) is 26.0 Å². The second-order valence-electron chi connectivity index (χ2n) is 13.4. The number of fused-ring (bicyclic) bond motifs is 5. The average molecular weight is 788 g/mol. The number of aryl methyl sites for hydroxylation is 2. The molecule has 0 aliphatic heterocycles. The molecule has 6 heteroatoms. The SMILES string of the molecule is CC(C)(C)c1ccnc(-c2[c-]ccc3c2oc2c3ccc3sc(C(C)(C)C)nc32)c1.Cc1c[c-]c(-c2ccc(C)cn2)cc1.[Ir]. The Labute approximate surface area is 283 Å². The maximum atomic E-state index is 6.48. The van der Waals surface area contributed by atoms with Crippen LogP contribution >= 0.6 is 11.3 Å². The third-order valence-electron chi connectivity index (χ3n) is 7.64. The van der Waals surface area contributed by atoms with Gasteiger partial charge >= 0.3 is 0 Å². The van der Waals surface area contributed by atoms with Gasteiger partial charge in [-0.3, -0.25) is 0 Å². The van der Waals surface area contributed by atoms with Gasteiger partial charge in [0.15, 0.2) is 0 Å². The Bertz CT molecular complexity index is 2050. The zero-order valence-electron chi connectivity index (χ0n) is 27.0. The van der Waals surface area contributed by atoms with Crippen LogP contribution in [0.3, 0.4) is 0 Å². The van der Waals surface area contributed by atoms with Crippen LogP contribution in [0.4, 0.5) is 0 Å². The molecule has 0 saturated carbocycles. The summed E-state index contributed by atoms with van der Waals surface area (Å²) in [6, 6.07) is 29.3. The summed E-state index contributed by atoms with van der Waals surface area (Å²) >= 11 is 1.74. The van der Waals surface area contributed by atoms with Gasteiger partial charge in [-0.2, -0.15) is 0 Å². The monoisotopic (exact) mass is 788 g/mol. The Hall–Kier alpha value is -3.70. The van der Waals surface area contributed by atoms with Crippen molar-refractivity contribution in [3.05, 3.63) is 113 Å². The number of furan rings is 1. The number of nitrogens with zero attached hydrogens (tertiary/aromatic N) is 3. The minimum Gasteiger partial charge on any atom is -0.498 e. The topological polar surface area (TPSA) is 51.8 Å².